The fraction of sp³-hybridized carbons (Fsp3) is 0.385. The minimum atomic E-state index is -0.418. The third kappa shape index (κ3) is 8.30. The van der Waals surface area contributed by atoms with E-state index in [9.17, 15) is 9.59 Å². The number of rotatable bonds is 13. The lowest BCUT2D eigenvalue weighted by atomic mass is 10.1. The van der Waals surface area contributed by atoms with Crippen molar-refractivity contribution in [3.8, 4) is 17.2 Å². The number of hydrogen-bond acceptors (Lipinski definition) is 8. The van der Waals surface area contributed by atoms with E-state index >= 15 is 0 Å². The molecule has 11 nitrogen and oxygen atoms in total. The van der Waals surface area contributed by atoms with Crippen LogP contribution in [0.15, 0.2) is 66.4 Å². The second kappa shape index (κ2) is 15.8. The summed E-state index contributed by atoms with van der Waals surface area (Å²) in [5.41, 5.74) is 4.58. The number of nitrogens with zero attached hydrogens (tertiary/aromatic N) is 4. The highest BCUT2D eigenvalue weighted by atomic mass is 16.5. The average molecular weight is 681 g/mol. The first kappa shape index (κ1) is 35.0. The number of carbonyl (C=O) groups excluding carboxylic acids is 2. The molecule has 3 aromatic carbocycles. The fourth-order valence-electron chi connectivity index (χ4n) is 6.44. The smallest absolute Gasteiger partial charge is 0.323 e. The highest BCUT2D eigenvalue weighted by Gasteiger charge is 2.29. The van der Waals surface area contributed by atoms with Crippen molar-refractivity contribution in [2.45, 2.75) is 26.3 Å². The molecule has 2 N–H and O–H groups in total. The van der Waals surface area contributed by atoms with E-state index in [4.69, 9.17) is 14.2 Å². The number of fused-ring (bicyclic) bond motifs is 2. The highest BCUT2D eigenvalue weighted by Crippen LogP contribution is 2.37. The fourth-order valence-corrected chi connectivity index (χ4v) is 6.44. The summed E-state index contributed by atoms with van der Waals surface area (Å²) in [7, 11) is 7.95. The second-order valence-corrected chi connectivity index (χ2v) is 13.3. The summed E-state index contributed by atoms with van der Waals surface area (Å²) in [5.74, 6) is 1.97. The third-order valence-electron chi connectivity index (χ3n) is 9.40. The number of aromatic nitrogens is 1. The molecule has 2 aliphatic rings. The van der Waals surface area contributed by atoms with Crippen LogP contribution < -0.4 is 24.8 Å². The van der Waals surface area contributed by atoms with E-state index in [0.717, 1.165) is 92.3 Å². The Hall–Kier alpha value is -4.84. The van der Waals surface area contributed by atoms with Crippen molar-refractivity contribution in [2.75, 3.05) is 84.8 Å². The molecule has 0 bridgehead atoms. The van der Waals surface area contributed by atoms with Gasteiger partial charge >= 0.3 is 6.03 Å². The van der Waals surface area contributed by atoms with E-state index in [2.05, 4.69) is 64.0 Å². The van der Waals surface area contributed by atoms with Gasteiger partial charge in [0.25, 0.3) is 0 Å². The first-order valence-corrected chi connectivity index (χ1v) is 17.3. The zero-order valence-corrected chi connectivity index (χ0v) is 29.8. The number of anilines is 2. The number of nitrogens with one attached hydrogen (secondary N) is 2. The van der Waals surface area contributed by atoms with E-state index in [1.54, 1.807) is 37.4 Å². The van der Waals surface area contributed by atoms with Crippen LogP contribution in [0, 0.1) is 6.92 Å². The standard InChI is InChI=1S/C39H48N6O5/c1-27-32(33-25-31(48-5)13-14-35(33)45(27)22-21-44-19-17-43(4)18-20-44)26-37-38(46)34-24-29(10-15-36(34)50-37)41-39(47)40-28-8-11-30(12-9-28)49-23-7-6-16-42(2)3/h8-15,24-26H,6-7,16-23H2,1-5H3,(H2,40,41,47). The summed E-state index contributed by atoms with van der Waals surface area (Å²) >= 11 is 0. The Kier molecular flexibility index (Phi) is 11.1. The van der Waals surface area contributed by atoms with Gasteiger partial charge in [0.05, 0.1) is 19.3 Å². The number of ether oxygens (including phenoxy) is 3. The summed E-state index contributed by atoms with van der Waals surface area (Å²) in [6.45, 7) is 9.80. The first-order chi connectivity index (χ1) is 24.2. The minimum absolute atomic E-state index is 0.234. The van der Waals surface area contributed by atoms with E-state index in [0.29, 0.717) is 29.3 Å². The SMILES string of the molecule is COc1ccc2c(c1)c(C=C1Oc3ccc(NC(=O)Nc4ccc(OCCCCN(C)C)cc4)cc3C1=O)c(C)n2CCN1CCN(C)CC1. The molecule has 0 atom stereocenters. The van der Waals surface area contributed by atoms with E-state index in [1.165, 1.54) is 0 Å². The molecule has 0 aliphatic carbocycles. The van der Waals surface area contributed by atoms with E-state index in [1.807, 2.05) is 30.3 Å². The van der Waals surface area contributed by atoms with Gasteiger partial charge in [-0.15, -0.1) is 0 Å². The van der Waals surface area contributed by atoms with Crippen molar-refractivity contribution >= 4 is 40.2 Å². The molecule has 0 saturated carbocycles. The highest BCUT2D eigenvalue weighted by molar-refractivity contribution is 6.16. The summed E-state index contributed by atoms with van der Waals surface area (Å²) in [4.78, 5) is 33.5. The summed E-state index contributed by atoms with van der Waals surface area (Å²) in [6, 6.07) is 18.0. The molecule has 1 aromatic heterocycles. The Labute approximate surface area is 294 Å². The maximum Gasteiger partial charge on any atom is 0.323 e. The van der Waals surface area contributed by atoms with E-state index < -0.39 is 6.03 Å². The molecular formula is C39H48N6O5. The largest absolute Gasteiger partial charge is 0.497 e. The van der Waals surface area contributed by atoms with Crippen LogP contribution in [0.2, 0.25) is 0 Å². The quantitative estimate of drug-likeness (QED) is 0.128. The zero-order valence-electron chi connectivity index (χ0n) is 29.8. The van der Waals surface area contributed by atoms with Crippen LogP contribution in [0.3, 0.4) is 0 Å². The molecule has 0 spiro atoms. The predicted octanol–water partition coefficient (Wildman–Crippen LogP) is 6.19. The summed E-state index contributed by atoms with van der Waals surface area (Å²) in [5, 5.41) is 6.67. The maximum atomic E-state index is 13.7. The number of allylic oxidation sites excluding steroid dienone is 1. The molecule has 11 heteroatoms. The number of piperazine rings is 1. The van der Waals surface area contributed by atoms with Crippen molar-refractivity contribution in [2.24, 2.45) is 0 Å². The molecule has 50 heavy (non-hydrogen) atoms. The first-order valence-electron chi connectivity index (χ1n) is 17.3. The Morgan fingerprint density at radius 2 is 1.64 bits per heavy atom. The topological polar surface area (TPSA) is 101 Å². The van der Waals surface area contributed by atoms with Crippen LogP contribution in [-0.2, 0) is 6.54 Å². The van der Waals surface area contributed by atoms with Gasteiger partial charge in [-0.05, 0) is 114 Å². The van der Waals surface area contributed by atoms with Gasteiger partial charge in [0.15, 0.2) is 5.76 Å². The van der Waals surface area contributed by atoms with Crippen molar-refractivity contribution in [1.82, 2.24) is 19.3 Å². The third-order valence-corrected chi connectivity index (χ3v) is 9.40. The van der Waals surface area contributed by atoms with Gasteiger partial charge in [-0.1, -0.05) is 0 Å². The lowest BCUT2D eigenvalue weighted by Gasteiger charge is -2.32. The Balaban J connectivity index is 1.12. The zero-order chi connectivity index (χ0) is 35.2. The van der Waals surface area contributed by atoms with Gasteiger partial charge in [0, 0.05) is 72.8 Å². The molecule has 0 radical (unpaired) electrons. The maximum absolute atomic E-state index is 13.7. The van der Waals surface area contributed by atoms with Crippen LogP contribution >= 0.6 is 0 Å². The number of urea groups is 1. The van der Waals surface area contributed by atoms with Crippen molar-refractivity contribution in [3.05, 3.63) is 83.2 Å². The normalized spacial score (nSPS) is 15.8. The minimum Gasteiger partial charge on any atom is -0.497 e. The molecule has 4 aromatic rings. The van der Waals surface area contributed by atoms with Crippen LogP contribution in [0.1, 0.15) is 34.5 Å². The van der Waals surface area contributed by atoms with Crippen LogP contribution in [-0.4, -0.2) is 105 Å². The number of benzene rings is 3. The Morgan fingerprint density at radius 1 is 0.920 bits per heavy atom. The number of likely N-dealkylation sites (N-methyl/N-ethyl adjacent to an activating group) is 1. The van der Waals surface area contributed by atoms with Crippen LogP contribution in [0.4, 0.5) is 16.2 Å². The average Bonchev–Trinajstić information content (AvgIpc) is 3.56. The van der Waals surface area contributed by atoms with Crippen LogP contribution in [0.5, 0.6) is 17.2 Å². The summed E-state index contributed by atoms with van der Waals surface area (Å²) in [6.07, 6.45) is 3.88. The number of Topliss-reactive ketones (excluding diaryl/α,β-unsaturated/α-hetero) is 1. The Bertz CT molecular complexity index is 1860. The van der Waals surface area contributed by atoms with Gasteiger partial charge in [-0.25, -0.2) is 4.79 Å². The molecule has 2 amide bonds. The molecule has 2 aliphatic heterocycles. The molecule has 264 valence electrons. The van der Waals surface area contributed by atoms with Crippen molar-refractivity contribution < 1.29 is 23.8 Å². The molecule has 0 unspecified atom stereocenters. The monoisotopic (exact) mass is 680 g/mol. The van der Waals surface area contributed by atoms with Gasteiger partial charge in [-0.2, -0.15) is 0 Å². The predicted molar refractivity (Wildman–Crippen MR) is 199 cm³/mol. The number of methoxy groups -OCH3 is 1. The molecule has 1 fully saturated rings. The van der Waals surface area contributed by atoms with E-state index in [-0.39, 0.29) is 11.5 Å². The van der Waals surface area contributed by atoms with Gasteiger partial charge in [0.1, 0.15) is 17.2 Å². The summed E-state index contributed by atoms with van der Waals surface area (Å²) < 4.78 is 19.8. The van der Waals surface area contributed by atoms with Gasteiger partial charge < -0.3 is 39.2 Å². The number of unbranched alkanes of at least 4 members (excludes halogenated alkanes) is 1. The number of amides is 2. The number of hydrogen-bond donors (Lipinski definition) is 2. The molecule has 3 heterocycles. The lowest BCUT2D eigenvalue weighted by Crippen LogP contribution is -2.45. The van der Waals surface area contributed by atoms with Crippen molar-refractivity contribution in [1.29, 1.82) is 0 Å². The second-order valence-electron chi connectivity index (χ2n) is 13.3. The lowest BCUT2D eigenvalue weighted by molar-refractivity contribution is 0.101. The van der Waals surface area contributed by atoms with Gasteiger partial charge in [-0.3, -0.25) is 9.69 Å². The number of ketones is 1. The Morgan fingerprint density at radius 3 is 2.38 bits per heavy atom. The molecular weight excluding hydrogens is 632 g/mol. The number of carbonyl (C=O) groups is 2. The van der Waals surface area contributed by atoms with Crippen molar-refractivity contribution in [3.63, 3.8) is 0 Å². The van der Waals surface area contributed by atoms with Crippen LogP contribution in [0.25, 0.3) is 17.0 Å². The van der Waals surface area contributed by atoms with Gasteiger partial charge in [0.2, 0.25) is 5.78 Å². The molecule has 6 rings (SSSR count). The molecule has 1 saturated heterocycles.